The zero-order chi connectivity index (χ0) is 22.9. The lowest BCUT2D eigenvalue weighted by Gasteiger charge is -2.37. The molecule has 0 heterocycles. The third kappa shape index (κ3) is 14.4. The van der Waals surface area contributed by atoms with Crippen molar-refractivity contribution < 1.29 is 9.90 Å². The Bertz CT molecular complexity index is 368. The fourth-order valence-electron chi connectivity index (χ4n) is 3.35. The normalized spacial score (nSPS) is 28.6. The van der Waals surface area contributed by atoms with Crippen LogP contribution < -0.4 is 0 Å². The van der Waals surface area contributed by atoms with E-state index in [1.54, 1.807) is 0 Å². The number of alkyl halides is 6. The van der Waals surface area contributed by atoms with E-state index in [0.717, 1.165) is 12.8 Å². The van der Waals surface area contributed by atoms with E-state index in [-0.39, 0.29) is 0 Å². The van der Waals surface area contributed by atoms with Gasteiger partial charge in [-0.15, -0.1) is 69.6 Å². The molecular formula is C22H38Cl6O2. The number of halogens is 6. The quantitative estimate of drug-likeness (QED) is 0.174. The highest BCUT2D eigenvalue weighted by atomic mass is 35.5. The van der Waals surface area contributed by atoms with Gasteiger partial charge in [-0.3, -0.25) is 4.79 Å². The van der Waals surface area contributed by atoms with Gasteiger partial charge in [0.2, 0.25) is 0 Å². The summed E-state index contributed by atoms with van der Waals surface area (Å²) in [6.07, 6.45) is 17.3. The predicted molar refractivity (Wildman–Crippen MR) is 136 cm³/mol. The molecule has 0 aromatic heterocycles. The van der Waals surface area contributed by atoms with Crippen LogP contribution in [-0.4, -0.2) is 43.3 Å². The van der Waals surface area contributed by atoms with E-state index in [1.807, 2.05) is 0 Å². The van der Waals surface area contributed by atoms with Crippen molar-refractivity contribution in [3.8, 4) is 0 Å². The highest BCUT2D eigenvalue weighted by Gasteiger charge is 2.46. The molecule has 0 amide bonds. The van der Waals surface area contributed by atoms with Crippen LogP contribution in [0.1, 0.15) is 96.8 Å². The van der Waals surface area contributed by atoms with E-state index in [1.165, 1.54) is 70.6 Å². The lowest BCUT2D eigenvalue weighted by Crippen LogP contribution is -2.52. The number of rotatable bonds is 14. The fourth-order valence-corrected chi connectivity index (χ4v) is 5.68. The summed E-state index contributed by atoms with van der Waals surface area (Å²) < 4.78 is 0. The first-order chi connectivity index (χ1) is 14.2. The molecule has 2 nitrogen and oxygen atoms in total. The van der Waals surface area contributed by atoms with Crippen molar-refractivity contribution in [1.29, 1.82) is 0 Å². The molecule has 30 heavy (non-hydrogen) atoms. The SMILES string of the molecule is CCCCCCCCCCCCCCCC(=O)O.Cl[C@H]1[C@H](Cl)[C@@H](Cl)[C@@H](Cl)[C@H](Cl)[C@H]1Cl. The van der Waals surface area contributed by atoms with Crippen LogP contribution in [0.2, 0.25) is 0 Å². The number of unbranched alkanes of at least 4 members (excludes halogenated alkanes) is 12. The van der Waals surface area contributed by atoms with Gasteiger partial charge in [0, 0.05) is 6.42 Å². The largest absolute Gasteiger partial charge is 0.481 e. The molecule has 0 radical (unpaired) electrons. The minimum atomic E-state index is -0.655. The smallest absolute Gasteiger partial charge is 0.303 e. The molecule has 1 fully saturated rings. The molecule has 8 heteroatoms. The maximum atomic E-state index is 10.3. The predicted octanol–water partition coefficient (Wildman–Crippen LogP) is 9.20. The van der Waals surface area contributed by atoms with E-state index in [4.69, 9.17) is 74.7 Å². The molecule has 0 aromatic carbocycles. The minimum Gasteiger partial charge on any atom is -0.481 e. The fraction of sp³-hybridized carbons (Fsp3) is 0.955. The Kier molecular flexibility index (Phi) is 20.5. The average Bonchev–Trinajstić information content (AvgIpc) is 2.73. The topological polar surface area (TPSA) is 37.3 Å². The second kappa shape index (κ2) is 19.7. The van der Waals surface area contributed by atoms with Crippen LogP contribution in [0.5, 0.6) is 0 Å². The van der Waals surface area contributed by atoms with Crippen LogP contribution in [0.15, 0.2) is 0 Å². The monoisotopic (exact) mass is 544 g/mol. The van der Waals surface area contributed by atoms with Gasteiger partial charge >= 0.3 is 5.97 Å². The van der Waals surface area contributed by atoms with E-state index in [0.29, 0.717) is 6.42 Å². The maximum Gasteiger partial charge on any atom is 0.303 e. The minimum absolute atomic E-state index is 0.345. The summed E-state index contributed by atoms with van der Waals surface area (Å²) >= 11 is 35.3. The first-order valence-corrected chi connectivity index (χ1v) is 13.9. The Morgan fingerprint density at radius 2 is 0.767 bits per heavy atom. The van der Waals surface area contributed by atoms with E-state index in [9.17, 15) is 4.79 Å². The Morgan fingerprint density at radius 3 is 1.00 bits per heavy atom. The second-order valence-corrected chi connectivity index (χ2v) is 11.1. The first kappa shape index (κ1) is 31.2. The van der Waals surface area contributed by atoms with Crippen molar-refractivity contribution in [2.45, 2.75) is 129 Å². The number of carboxylic acids is 1. The van der Waals surface area contributed by atoms with Crippen LogP contribution >= 0.6 is 69.6 Å². The van der Waals surface area contributed by atoms with Crippen LogP contribution in [-0.2, 0) is 4.79 Å². The Labute approximate surface area is 213 Å². The zero-order valence-electron chi connectivity index (χ0n) is 18.0. The van der Waals surface area contributed by atoms with Gasteiger partial charge in [0.25, 0.3) is 0 Å². The van der Waals surface area contributed by atoms with Crippen molar-refractivity contribution >= 4 is 75.6 Å². The third-order valence-corrected chi connectivity index (χ3v) is 9.35. The summed E-state index contributed by atoms with van der Waals surface area (Å²) in [6, 6.07) is 0. The summed E-state index contributed by atoms with van der Waals surface area (Å²) in [6.45, 7) is 2.26. The van der Waals surface area contributed by atoms with Gasteiger partial charge in [0.1, 0.15) is 0 Å². The van der Waals surface area contributed by atoms with E-state index >= 15 is 0 Å². The molecule has 0 atom stereocenters. The van der Waals surface area contributed by atoms with Gasteiger partial charge in [-0.25, -0.2) is 0 Å². The molecule has 1 N–H and O–H groups in total. The van der Waals surface area contributed by atoms with Gasteiger partial charge in [-0.2, -0.15) is 0 Å². The van der Waals surface area contributed by atoms with Gasteiger partial charge in [-0.05, 0) is 6.42 Å². The molecule has 0 aromatic rings. The number of carboxylic acid groups (broad SMARTS) is 1. The molecule has 0 spiro atoms. The molecule has 0 bridgehead atoms. The second-order valence-electron chi connectivity index (χ2n) is 8.05. The standard InChI is InChI=1S/C16H32O2.C6H6Cl6/c1-2-3-4-5-6-7-8-9-10-11-12-13-14-15-16(17)18;7-1-2(8)4(10)6(12)5(11)3(1)9/h2-15H2,1H3,(H,17,18);1-6H/t;1-,2-,3-,4+,5+,6+. The van der Waals surface area contributed by atoms with Crippen LogP contribution in [0, 0.1) is 0 Å². The molecule has 1 saturated carbocycles. The van der Waals surface area contributed by atoms with Gasteiger partial charge in [-0.1, -0.05) is 84.0 Å². The van der Waals surface area contributed by atoms with E-state index in [2.05, 4.69) is 6.92 Å². The Balaban J connectivity index is 0.000000604. The number of hydrogen-bond donors (Lipinski definition) is 1. The summed E-state index contributed by atoms with van der Waals surface area (Å²) in [5.41, 5.74) is 0. The molecular weight excluding hydrogens is 509 g/mol. The molecule has 1 rings (SSSR count). The van der Waals surface area contributed by atoms with Gasteiger partial charge in [0.05, 0.1) is 32.3 Å². The molecule has 1 aliphatic carbocycles. The zero-order valence-corrected chi connectivity index (χ0v) is 22.5. The summed E-state index contributed by atoms with van der Waals surface area (Å²) in [4.78, 5) is 10.3. The van der Waals surface area contributed by atoms with Crippen LogP contribution in [0.25, 0.3) is 0 Å². The molecule has 0 unspecified atom stereocenters. The highest BCUT2D eigenvalue weighted by Crippen LogP contribution is 2.39. The number of hydrogen-bond acceptors (Lipinski definition) is 1. The Morgan fingerprint density at radius 1 is 0.533 bits per heavy atom. The molecule has 180 valence electrons. The third-order valence-electron chi connectivity index (χ3n) is 5.32. The number of aliphatic carboxylic acids is 1. The average molecular weight is 547 g/mol. The lowest BCUT2D eigenvalue weighted by molar-refractivity contribution is -0.137. The van der Waals surface area contributed by atoms with Gasteiger partial charge in [0.15, 0.2) is 0 Å². The Hall–Kier alpha value is 1.21. The summed E-state index contributed by atoms with van der Waals surface area (Å²) in [5.74, 6) is -0.655. The number of carbonyl (C=O) groups is 1. The van der Waals surface area contributed by atoms with Crippen LogP contribution in [0.3, 0.4) is 0 Å². The van der Waals surface area contributed by atoms with Crippen molar-refractivity contribution in [2.24, 2.45) is 0 Å². The van der Waals surface area contributed by atoms with Gasteiger partial charge < -0.3 is 5.11 Å². The lowest BCUT2D eigenvalue weighted by atomic mass is 9.97. The van der Waals surface area contributed by atoms with Crippen molar-refractivity contribution in [3.05, 3.63) is 0 Å². The van der Waals surface area contributed by atoms with Crippen molar-refractivity contribution in [2.75, 3.05) is 0 Å². The molecule has 0 aliphatic heterocycles. The van der Waals surface area contributed by atoms with Crippen LogP contribution in [0.4, 0.5) is 0 Å². The maximum absolute atomic E-state index is 10.3. The van der Waals surface area contributed by atoms with Crippen molar-refractivity contribution in [1.82, 2.24) is 0 Å². The van der Waals surface area contributed by atoms with Crippen molar-refractivity contribution in [3.63, 3.8) is 0 Å². The first-order valence-electron chi connectivity index (χ1n) is 11.3. The molecule has 0 saturated heterocycles. The summed E-state index contributed by atoms with van der Waals surface area (Å²) in [7, 11) is 0. The highest BCUT2D eigenvalue weighted by molar-refractivity contribution is 6.45. The molecule has 1 aliphatic rings. The summed E-state index contributed by atoms with van der Waals surface area (Å²) in [5, 5.41) is 5.87. The van der Waals surface area contributed by atoms with E-state index < -0.39 is 38.2 Å².